The van der Waals surface area contributed by atoms with Crippen LogP contribution in [0.3, 0.4) is 0 Å². The average molecular weight is 448 g/mol. The summed E-state index contributed by atoms with van der Waals surface area (Å²) in [6.07, 6.45) is 0. The maximum absolute atomic E-state index is 12.8. The number of ether oxygens (including phenoxy) is 1. The van der Waals surface area contributed by atoms with Crippen molar-refractivity contribution in [3.05, 3.63) is 58.1 Å². The maximum atomic E-state index is 12.8. The summed E-state index contributed by atoms with van der Waals surface area (Å²) in [7, 11) is 1.88. The average Bonchev–Trinajstić information content (AvgIpc) is 2.69. The number of carbonyl (C=O) groups excluding carboxylic acids is 1. The van der Waals surface area contributed by atoms with Crippen molar-refractivity contribution in [1.82, 2.24) is 4.90 Å². The minimum Gasteiger partial charge on any atom is -0.481 e. The van der Waals surface area contributed by atoms with Gasteiger partial charge in [0, 0.05) is 29.9 Å². The van der Waals surface area contributed by atoms with E-state index in [0.29, 0.717) is 32.4 Å². The van der Waals surface area contributed by atoms with Crippen molar-refractivity contribution < 1.29 is 23.6 Å². The van der Waals surface area contributed by atoms with E-state index < -0.39 is 23.4 Å². The van der Waals surface area contributed by atoms with Crippen molar-refractivity contribution >= 4 is 34.3 Å². The Hall–Kier alpha value is -2.82. The van der Waals surface area contributed by atoms with Crippen LogP contribution in [-0.2, 0) is 15.6 Å². The number of nitrogens with zero attached hydrogens (tertiary/aromatic N) is 1. The van der Waals surface area contributed by atoms with Crippen molar-refractivity contribution in [2.24, 2.45) is 0 Å². The molecule has 1 atom stereocenters. The van der Waals surface area contributed by atoms with Crippen molar-refractivity contribution in [1.29, 1.82) is 0 Å². The number of hydrogen-bond acceptors (Lipinski definition) is 4. The molecule has 0 aliphatic rings. The number of carbonyl (C=O) groups is 2. The summed E-state index contributed by atoms with van der Waals surface area (Å²) in [5.41, 5.74) is 1.34. The first-order valence-corrected chi connectivity index (χ1v) is 10.6. The van der Waals surface area contributed by atoms with Crippen molar-refractivity contribution in [2.75, 3.05) is 20.7 Å². The summed E-state index contributed by atoms with van der Waals surface area (Å²) < 4.78 is 18.0. The van der Waals surface area contributed by atoms with Gasteiger partial charge in [-0.2, -0.15) is 0 Å². The molecule has 0 spiro atoms. The standard InChI is InChI=1S/C22H22ClNO5S/c1-14(2)30(28)20-11-15(6-9-18(20)22(27)24(3)4)5-7-16-12-17(23)8-10-19(16)29-13-21(25)26/h6,8-12,14H,13H2,1-4H3,(H,25,26). The fraction of sp³-hybridized carbons (Fsp3) is 0.273. The zero-order chi connectivity index (χ0) is 22.4. The molecule has 0 aliphatic heterocycles. The molecule has 1 N–H and O–H groups in total. The molecule has 1 unspecified atom stereocenters. The maximum Gasteiger partial charge on any atom is 0.341 e. The number of halogens is 1. The second-order valence-electron chi connectivity index (χ2n) is 6.83. The molecule has 8 heteroatoms. The lowest BCUT2D eigenvalue weighted by atomic mass is 10.1. The molecule has 0 radical (unpaired) electrons. The van der Waals surface area contributed by atoms with E-state index in [-0.39, 0.29) is 11.2 Å². The van der Waals surface area contributed by atoms with Crippen LogP contribution < -0.4 is 4.74 Å². The molecule has 0 saturated carbocycles. The highest BCUT2D eigenvalue weighted by molar-refractivity contribution is 7.85. The van der Waals surface area contributed by atoms with Crippen LogP contribution in [0.15, 0.2) is 41.3 Å². The lowest BCUT2D eigenvalue weighted by Crippen LogP contribution is -2.24. The zero-order valence-corrected chi connectivity index (χ0v) is 18.6. The van der Waals surface area contributed by atoms with Crippen LogP contribution in [0, 0.1) is 11.8 Å². The number of carboxylic acid groups (broad SMARTS) is 1. The molecular formula is C22H22ClNO5S. The SMILES string of the molecule is CC(C)S(=O)c1cc(C#Cc2cc(Cl)ccc2OCC(=O)O)ccc1C(=O)N(C)C. The monoisotopic (exact) mass is 447 g/mol. The molecule has 2 aromatic carbocycles. The Morgan fingerprint density at radius 1 is 1.17 bits per heavy atom. The molecule has 2 rings (SSSR count). The van der Waals surface area contributed by atoms with Gasteiger partial charge in [0.05, 0.1) is 26.8 Å². The third-order valence-corrected chi connectivity index (χ3v) is 5.76. The van der Waals surface area contributed by atoms with Crippen LogP contribution in [0.2, 0.25) is 5.02 Å². The van der Waals surface area contributed by atoms with Gasteiger partial charge in [-0.15, -0.1) is 0 Å². The Balaban J connectivity index is 2.48. The van der Waals surface area contributed by atoms with E-state index in [1.807, 2.05) is 13.8 Å². The Bertz CT molecular complexity index is 1050. The lowest BCUT2D eigenvalue weighted by Gasteiger charge is -2.15. The third-order valence-electron chi connectivity index (χ3n) is 3.90. The summed E-state index contributed by atoms with van der Waals surface area (Å²) >= 11 is 6.03. The number of carboxylic acids is 1. The van der Waals surface area contributed by atoms with E-state index in [1.54, 1.807) is 50.5 Å². The molecule has 0 aromatic heterocycles. The molecule has 0 heterocycles. The predicted molar refractivity (Wildman–Crippen MR) is 117 cm³/mol. The molecule has 0 fully saturated rings. The molecule has 0 aliphatic carbocycles. The van der Waals surface area contributed by atoms with Gasteiger partial charge in [0.1, 0.15) is 5.75 Å². The largest absolute Gasteiger partial charge is 0.481 e. The smallest absolute Gasteiger partial charge is 0.341 e. The van der Waals surface area contributed by atoms with E-state index in [1.165, 1.54) is 4.90 Å². The second kappa shape index (κ2) is 10.3. The van der Waals surface area contributed by atoms with Gasteiger partial charge in [-0.1, -0.05) is 37.3 Å². The molecule has 0 saturated heterocycles. The minimum absolute atomic E-state index is 0.175. The van der Waals surface area contributed by atoms with E-state index in [4.69, 9.17) is 21.4 Å². The van der Waals surface area contributed by atoms with Gasteiger partial charge < -0.3 is 14.7 Å². The van der Waals surface area contributed by atoms with Crippen molar-refractivity contribution in [2.45, 2.75) is 24.0 Å². The topological polar surface area (TPSA) is 83.9 Å². The highest BCUT2D eigenvalue weighted by atomic mass is 35.5. The Labute approximate surface area is 183 Å². The van der Waals surface area contributed by atoms with Gasteiger partial charge >= 0.3 is 5.97 Å². The first-order chi connectivity index (χ1) is 14.1. The van der Waals surface area contributed by atoms with Crippen molar-refractivity contribution in [3.63, 3.8) is 0 Å². The van der Waals surface area contributed by atoms with E-state index in [2.05, 4.69) is 11.8 Å². The van der Waals surface area contributed by atoms with Gasteiger partial charge in [-0.05, 0) is 36.4 Å². The van der Waals surface area contributed by atoms with E-state index in [9.17, 15) is 13.8 Å². The van der Waals surface area contributed by atoms with Crippen LogP contribution in [0.25, 0.3) is 0 Å². The third kappa shape index (κ3) is 6.09. The summed E-state index contributed by atoms with van der Waals surface area (Å²) in [5.74, 6) is 4.81. The van der Waals surface area contributed by atoms with E-state index >= 15 is 0 Å². The molecule has 30 heavy (non-hydrogen) atoms. The highest BCUT2D eigenvalue weighted by Crippen LogP contribution is 2.23. The number of rotatable bonds is 6. The number of aliphatic carboxylic acids is 1. The van der Waals surface area contributed by atoms with Crippen LogP contribution in [0.5, 0.6) is 5.75 Å². The summed E-state index contributed by atoms with van der Waals surface area (Å²) in [6.45, 7) is 3.13. The molecule has 1 amide bonds. The highest BCUT2D eigenvalue weighted by Gasteiger charge is 2.20. The van der Waals surface area contributed by atoms with Gasteiger partial charge in [0.2, 0.25) is 0 Å². The normalized spacial score (nSPS) is 11.4. The van der Waals surface area contributed by atoms with Crippen molar-refractivity contribution in [3.8, 4) is 17.6 Å². The quantitative estimate of drug-likeness (QED) is 0.686. The number of amides is 1. The fourth-order valence-electron chi connectivity index (χ4n) is 2.44. The minimum atomic E-state index is -1.38. The Kier molecular flexibility index (Phi) is 8.04. The summed E-state index contributed by atoms with van der Waals surface area (Å²) in [4.78, 5) is 25.1. The van der Waals surface area contributed by atoms with Gasteiger partial charge in [-0.25, -0.2) is 4.79 Å². The lowest BCUT2D eigenvalue weighted by molar-refractivity contribution is -0.139. The summed E-state index contributed by atoms with van der Waals surface area (Å²) in [5, 5.41) is 9.07. The van der Waals surface area contributed by atoms with Crippen LogP contribution in [0.4, 0.5) is 0 Å². The first kappa shape index (κ1) is 23.5. The molecule has 158 valence electrons. The zero-order valence-electron chi connectivity index (χ0n) is 17.1. The summed E-state index contributed by atoms with van der Waals surface area (Å²) in [6, 6.07) is 9.63. The molecule has 0 bridgehead atoms. The van der Waals surface area contributed by atoms with Gasteiger partial charge in [0.15, 0.2) is 6.61 Å². The molecular weight excluding hydrogens is 426 g/mol. The Morgan fingerprint density at radius 2 is 1.87 bits per heavy atom. The number of benzene rings is 2. The second-order valence-corrected chi connectivity index (χ2v) is 9.24. The number of hydrogen-bond donors (Lipinski definition) is 1. The van der Waals surface area contributed by atoms with Crippen LogP contribution >= 0.6 is 11.6 Å². The predicted octanol–water partition coefficient (Wildman–Crippen LogP) is 3.42. The Morgan fingerprint density at radius 3 is 2.47 bits per heavy atom. The molecule has 6 nitrogen and oxygen atoms in total. The fourth-order valence-corrected chi connectivity index (χ4v) is 3.74. The van der Waals surface area contributed by atoms with Crippen LogP contribution in [-0.4, -0.2) is 52.0 Å². The van der Waals surface area contributed by atoms with Gasteiger partial charge in [0.25, 0.3) is 5.91 Å². The molecule has 2 aromatic rings. The van der Waals surface area contributed by atoms with E-state index in [0.717, 1.165) is 0 Å². The van der Waals surface area contributed by atoms with Crippen LogP contribution in [0.1, 0.15) is 35.3 Å². The van der Waals surface area contributed by atoms with Gasteiger partial charge in [-0.3, -0.25) is 9.00 Å². The first-order valence-electron chi connectivity index (χ1n) is 9.02.